The Morgan fingerprint density at radius 3 is 2.53 bits per heavy atom. The summed E-state index contributed by atoms with van der Waals surface area (Å²) in [6.45, 7) is 3.68. The highest BCUT2D eigenvalue weighted by molar-refractivity contribution is 6.37. The van der Waals surface area contributed by atoms with E-state index in [1.54, 1.807) is 6.92 Å². The van der Waals surface area contributed by atoms with Crippen molar-refractivity contribution in [1.82, 2.24) is 4.98 Å². The molecule has 1 aromatic rings. The SMILES string of the molecule is CCC=C(C(=O)OCC)C(=O)c1ccc(Cl)nc1Cl. The van der Waals surface area contributed by atoms with Gasteiger partial charge in [-0.3, -0.25) is 4.79 Å². The van der Waals surface area contributed by atoms with Crippen molar-refractivity contribution in [2.24, 2.45) is 0 Å². The van der Waals surface area contributed by atoms with Crippen molar-refractivity contribution in [3.8, 4) is 0 Å². The Hall–Kier alpha value is -1.39. The first-order chi connectivity index (χ1) is 9.01. The van der Waals surface area contributed by atoms with Crippen LogP contribution in [0.25, 0.3) is 0 Å². The summed E-state index contributed by atoms with van der Waals surface area (Å²) < 4.78 is 4.85. The first-order valence-corrected chi connectivity index (χ1v) is 6.50. The van der Waals surface area contributed by atoms with Gasteiger partial charge in [-0.25, -0.2) is 9.78 Å². The maximum Gasteiger partial charge on any atom is 0.341 e. The predicted octanol–water partition coefficient (Wildman–Crippen LogP) is 3.47. The fourth-order valence-electron chi connectivity index (χ4n) is 1.41. The van der Waals surface area contributed by atoms with Crippen molar-refractivity contribution >= 4 is 35.0 Å². The van der Waals surface area contributed by atoms with Gasteiger partial charge in [0, 0.05) is 0 Å². The molecule has 6 heteroatoms. The number of carbonyl (C=O) groups excluding carboxylic acids is 2. The lowest BCUT2D eigenvalue weighted by atomic mass is 10.0. The highest BCUT2D eigenvalue weighted by Crippen LogP contribution is 2.20. The number of aromatic nitrogens is 1. The molecule has 0 unspecified atom stereocenters. The van der Waals surface area contributed by atoms with Crippen molar-refractivity contribution in [3.63, 3.8) is 0 Å². The van der Waals surface area contributed by atoms with Crippen molar-refractivity contribution in [2.45, 2.75) is 20.3 Å². The minimum atomic E-state index is -0.666. The summed E-state index contributed by atoms with van der Waals surface area (Å²) in [6, 6.07) is 2.87. The molecule has 0 spiro atoms. The molecule has 102 valence electrons. The molecule has 0 bridgehead atoms. The van der Waals surface area contributed by atoms with Crippen LogP contribution in [-0.2, 0) is 9.53 Å². The van der Waals surface area contributed by atoms with Crippen LogP contribution in [0, 0.1) is 0 Å². The monoisotopic (exact) mass is 301 g/mol. The second kappa shape index (κ2) is 7.26. The molecule has 1 aromatic heterocycles. The van der Waals surface area contributed by atoms with Gasteiger partial charge in [0.2, 0.25) is 5.78 Å². The lowest BCUT2D eigenvalue weighted by Crippen LogP contribution is -2.17. The number of hydrogen-bond donors (Lipinski definition) is 0. The van der Waals surface area contributed by atoms with Crippen molar-refractivity contribution < 1.29 is 14.3 Å². The summed E-state index contributed by atoms with van der Waals surface area (Å²) in [4.78, 5) is 27.7. The summed E-state index contributed by atoms with van der Waals surface area (Å²) in [5.74, 6) is -1.19. The Labute approximate surface area is 121 Å². The van der Waals surface area contributed by atoms with E-state index in [2.05, 4.69) is 4.98 Å². The summed E-state index contributed by atoms with van der Waals surface area (Å²) in [5, 5.41) is 0.141. The second-order valence-corrected chi connectivity index (χ2v) is 4.29. The van der Waals surface area contributed by atoms with Gasteiger partial charge in [-0.05, 0) is 25.5 Å². The lowest BCUT2D eigenvalue weighted by molar-refractivity contribution is -0.138. The number of nitrogens with zero attached hydrogens (tertiary/aromatic N) is 1. The Morgan fingerprint density at radius 2 is 2.00 bits per heavy atom. The maximum atomic E-state index is 12.2. The molecular weight excluding hydrogens is 289 g/mol. The van der Waals surface area contributed by atoms with Crippen LogP contribution in [0.2, 0.25) is 10.3 Å². The van der Waals surface area contributed by atoms with Gasteiger partial charge in [0.15, 0.2) is 0 Å². The number of allylic oxidation sites excluding steroid dienone is 1. The molecule has 0 fully saturated rings. The number of hydrogen-bond acceptors (Lipinski definition) is 4. The molecule has 0 N–H and O–H groups in total. The largest absolute Gasteiger partial charge is 0.462 e. The van der Waals surface area contributed by atoms with E-state index in [1.807, 2.05) is 6.92 Å². The molecule has 0 saturated heterocycles. The van der Waals surface area contributed by atoms with Crippen molar-refractivity contribution in [3.05, 3.63) is 39.7 Å². The van der Waals surface area contributed by atoms with Gasteiger partial charge in [-0.15, -0.1) is 0 Å². The minimum absolute atomic E-state index is 0.0381. The average Bonchev–Trinajstić information content (AvgIpc) is 2.35. The third-order valence-electron chi connectivity index (χ3n) is 2.21. The van der Waals surface area contributed by atoms with Gasteiger partial charge in [0.25, 0.3) is 0 Å². The second-order valence-electron chi connectivity index (χ2n) is 3.55. The summed E-state index contributed by atoms with van der Waals surface area (Å²) in [5.41, 5.74) is 0.0780. The highest BCUT2D eigenvalue weighted by Gasteiger charge is 2.23. The third kappa shape index (κ3) is 4.04. The zero-order valence-corrected chi connectivity index (χ0v) is 12.1. The first-order valence-electron chi connectivity index (χ1n) is 5.75. The van der Waals surface area contributed by atoms with Gasteiger partial charge < -0.3 is 4.74 Å². The summed E-state index contributed by atoms with van der Waals surface area (Å²) in [7, 11) is 0. The van der Waals surface area contributed by atoms with E-state index in [0.29, 0.717) is 6.42 Å². The molecular formula is C13H13Cl2NO3. The molecule has 0 aromatic carbocycles. The molecule has 0 aliphatic heterocycles. The Morgan fingerprint density at radius 1 is 1.32 bits per heavy atom. The molecule has 1 rings (SSSR count). The molecule has 0 saturated carbocycles. The van der Waals surface area contributed by atoms with Gasteiger partial charge in [-0.1, -0.05) is 36.2 Å². The number of Topliss-reactive ketones (excluding diaryl/α,β-unsaturated/α-hetero) is 1. The molecule has 0 aliphatic rings. The topological polar surface area (TPSA) is 56.3 Å². The summed E-state index contributed by atoms with van der Waals surface area (Å²) >= 11 is 11.5. The zero-order chi connectivity index (χ0) is 14.4. The molecule has 0 aliphatic carbocycles. The molecule has 0 radical (unpaired) electrons. The van der Waals surface area contributed by atoms with Gasteiger partial charge in [-0.2, -0.15) is 0 Å². The fourth-order valence-corrected chi connectivity index (χ4v) is 1.84. The van der Waals surface area contributed by atoms with Crippen LogP contribution < -0.4 is 0 Å². The molecule has 0 amide bonds. The molecule has 4 nitrogen and oxygen atoms in total. The van der Waals surface area contributed by atoms with Gasteiger partial charge >= 0.3 is 5.97 Å². The van der Waals surface area contributed by atoms with E-state index in [1.165, 1.54) is 18.2 Å². The lowest BCUT2D eigenvalue weighted by Gasteiger charge is -2.07. The quantitative estimate of drug-likeness (QED) is 0.209. The van der Waals surface area contributed by atoms with Crippen molar-refractivity contribution in [1.29, 1.82) is 0 Å². The fraction of sp³-hybridized carbons (Fsp3) is 0.308. The number of rotatable bonds is 5. The van der Waals surface area contributed by atoms with Crippen LogP contribution >= 0.6 is 23.2 Å². The van der Waals surface area contributed by atoms with E-state index in [9.17, 15) is 9.59 Å². The van der Waals surface area contributed by atoms with Crippen LogP contribution in [0.3, 0.4) is 0 Å². The van der Waals surface area contributed by atoms with E-state index in [-0.39, 0.29) is 28.0 Å². The Balaban J connectivity index is 3.13. The predicted molar refractivity (Wildman–Crippen MR) is 73.6 cm³/mol. The zero-order valence-electron chi connectivity index (χ0n) is 10.6. The number of halogens is 2. The average molecular weight is 302 g/mol. The van der Waals surface area contributed by atoms with Crippen LogP contribution in [0.4, 0.5) is 0 Å². The van der Waals surface area contributed by atoms with Crippen LogP contribution in [0.15, 0.2) is 23.8 Å². The van der Waals surface area contributed by atoms with Crippen molar-refractivity contribution in [2.75, 3.05) is 6.61 Å². The summed E-state index contributed by atoms with van der Waals surface area (Å²) in [6.07, 6.45) is 2.03. The molecule has 0 atom stereocenters. The number of esters is 1. The van der Waals surface area contributed by atoms with Crippen LogP contribution in [0.5, 0.6) is 0 Å². The Kier molecular flexibility index (Phi) is 5.99. The number of pyridine rings is 1. The first kappa shape index (κ1) is 15.7. The van der Waals surface area contributed by atoms with E-state index < -0.39 is 11.8 Å². The number of ether oxygens (including phenoxy) is 1. The van der Waals surface area contributed by atoms with Gasteiger partial charge in [0.05, 0.1) is 12.2 Å². The number of ketones is 1. The maximum absolute atomic E-state index is 12.2. The highest BCUT2D eigenvalue weighted by atomic mass is 35.5. The third-order valence-corrected chi connectivity index (χ3v) is 2.71. The van der Waals surface area contributed by atoms with E-state index in [4.69, 9.17) is 27.9 Å². The van der Waals surface area contributed by atoms with E-state index >= 15 is 0 Å². The standard InChI is InChI=1S/C13H13Cl2NO3/c1-3-5-9(13(18)19-4-2)11(17)8-6-7-10(14)16-12(8)15/h5-7H,3-4H2,1-2H3. The smallest absolute Gasteiger partial charge is 0.341 e. The molecule has 1 heterocycles. The van der Waals surface area contributed by atoms with Gasteiger partial charge in [0.1, 0.15) is 15.9 Å². The number of carbonyl (C=O) groups is 2. The molecule has 19 heavy (non-hydrogen) atoms. The van der Waals surface area contributed by atoms with E-state index in [0.717, 1.165) is 0 Å². The normalized spacial score (nSPS) is 11.3. The van der Waals surface area contributed by atoms with Crippen LogP contribution in [0.1, 0.15) is 30.6 Å². The minimum Gasteiger partial charge on any atom is -0.462 e. The van der Waals surface area contributed by atoms with Crippen LogP contribution in [-0.4, -0.2) is 23.3 Å². The Bertz CT molecular complexity index is 527.